The zero-order valence-electron chi connectivity index (χ0n) is 9.15. The van der Waals surface area contributed by atoms with Crippen molar-refractivity contribution in [3.63, 3.8) is 0 Å². The van der Waals surface area contributed by atoms with Gasteiger partial charge >= 0.3 is 0 Å². The number of benzene rings is 2. The van der Waals surface area contributed by atoms with Crippen LogP contribution in [0.4, 0.5) is 0 Å². The summed E-state index contributed by atoms with van der Waals surface area (Å²) in [7, 11) is 0. The van der Waals surface area contributed by atoms with Crippen molar-refractivity contribution in [2.24, 2.45) is 0 Å². The van der Waals surface area contributed by atoms with E-state index in [1.165, 1.54) is 22.1 Å². The monoisotopic (exact) mass is 229 g/mol. The van der Waals surface area contributed by atoms with Crippen molar-refractivity contribution in [3.05, 3.63) is 48.0 Å². The van der Waals surface area contributed by atoms with Crippen LogP contribution < -0.4 is 5.32 Å². The van der Waals surface area contributed by atoms with Gasteiger partial charge in [-0.15, -0.1) is 0 Å². The van der Waals surface area contributed by atoms with E-state index in [2.05, 4.69) is 59.5 Å². The molecule has 82 valence electrons. The van der Waals surface area contributed by atoms with Gasteiger partial charge in [-0.1, -0.05) is 36.4 Å². The van der Waals surface area contributed by atoms with Crippen LogP contribution in [0.5, 0.6) is 0 Å². The number of fused-ring (bicyclic) bond motifs is 1. The molecule has 1 heterocycles. The van der Waals surface area contributed by atoms with E-state index in [1.54, 1.807) is 0 Å². The second-order valence-corrected chi connectivity index (χ2v) is 5.48. The van der Waals surface area contributed by atoms with Crippen LogP contribution in [-0.2, 0) is 0 Å². The van der Waals surface area contributed by atoms with Crippen molar-refractivity contribution in [1.82, 2.24) is 5.32 Å². The molecular weight excluding hydrogens is 214 g/mol. The lowest BCUT2D eigenvalue weighted by molar-refractivity contribution is 0.690. The topological polar surface area (TPSA) is 12.0 Å². The zero-order valence-corrected chi connectivity index (χ0v) is 9.96. The molecule has 0 saturated carbocycles. The molecule has 1 nitrogen and oxygen atoms in total. The quantitative estimate of drug-likeness (QED) is 0.806. The Morgan fingerprint density at radius 2 is 1.94 bits per heavy atom. The summed E-state index contributed by atoms with van der Waals surface area (Å²) in [5.74, 6) is 1.22. The van der Waals surface area contributed by atoms with E-state index in [1.807, 2.05) is 0 Å². The molecule has 2 heteroatoms. The van der Waals surface area contributed by atoms with E-state index in [-0.39, 0.29) is 0 Å². The Morgan fingerprint density at radius 3 is 2.75 bits per heavy atom. The third kappa shape index (κ3) is 1.95. The molecule has 1 aliphatic rings. The van der Waals surface area contributed by atoms with Crippen molar-refractivity contribution in [2.75, 3.05) is 18.8 Å². The molecule has 1 unspecified atom stereocenters. The molecule has 0 radical (unpaired) electrons. The number of hydrogen-bond acceptors (Lipinski definition) is 2. The summed E-state index contributed by atoms with van der Waals surface area (Å²) in [5.41, 5.74) is 1.45. The molecule has 1 aliphatic heterocycles. The molecule has 16 heavy (non-hydrogen) atoms. The van der Waals surface area contributed by atoms with Gasteiger partial charge in [-0.3, -0.25) is 0 Å². The lowest BCUT2D eigenvalue weighted by Gasteiger charge is -2.23. The minimum Gasteiger partial charge on any atom is -0.314 e. The van der Waals surface area contributed by atoms with Gasteiger partial charge in [-0.25, -0.2) is 0 Å². The minimum atomic E-state index is 0.623. The highest BCUT2D eigenvalue weighted by Gasteiger charge is 2.15. The highest BCUT2D eigenvalue weighted by molar-refractivity contribution is 7.99. The predicted octanol–water partition coefficient (Wildman–Crippen LogP) is 3.22. The maximum atomic E-state index is 3.46. The average molecular weight is 229 g/mol. The van der Waals surface area contributed by atoms with Crippen molar-refractivity contribution in [2.45, 2.75) is 5.25 Å². The Bertz CT molecular complexity index is 489. The van der Waals surface area contributed by atoms with Crippen LogP contribution in [-0.4, -0.2) is 18.8 Å². The lowest BCUT2D eigenvalue weighted by atomic mass is 10.0. The van der Waals surface area contributed by atoms with E-state index in [4.69, 9.17) is 0 Å². The first-order valence-electron chi connectivity index (χ1n) is 5.74. The summed E-state index contributed by atoms with van der Waals surface area (Å²) in [6.45, 7) is 2.25. The van der Waals surface area contributed by atoms with Gasteiger partial charge < -0.3 is 5.32 Å². The van der Waals surface area contributed by atoms with Crippen LogP contribution in [0.2, 0.25) is 0 Å². The molecule has 3 rings (SSSR count). The summed E-state index contributed by atoms with van der Waals surface area (Å²) in [5, 5.41) is 6.77. The van der Waals surface area contributed by atoms with Crippen LogP contribution in [0.15, 0.2) is 42.5 Å². The fourth-order valence-electron chi connectivity index (χ4n) is 2.19. The Hall–Kier alpha value is -0.990. The second kappa shape index (κ2) is 4.48. The molecule has 1 atom stereocenters. The third-order valence-corrected chi connectivity index (χ3v) is 4.35. The van der Waals surface area contributed by atoms with E-state index in [0.717, 1.165) is 13.1 Å². The van der Waals surface area contributed by atoms with Crippen LogP contribution in [0.25, 0.3) is 10.8 Å². The summed E-state index contributed by atoms with van der Waals surface area (Å²) < 4.78 is 0. The molecule has 1 fully saturated rings. The molecule has 0 aromatic heterocycles. The lowest BCUT2D eigenvalue weighted by Crippen LogP contribution is -2.28. The maximum absolute atomic E-state index is 3.46. The first-order valence-corrected chi connectivity index (χ1v) is 6.79. The highest BCUT2D eigenvalue weighted by atomic mass is 32.2. The zero-order chi connectivity index (χ0) is 10.8. The van der Waals surface area contributed by atoms with Crippen LogP contribution in [0.1, 0.15) is 10.8 Å². The van der Waals surface area contributed by atoms with Gasteiger partial charge in [0.1, 0.15) is 0 Å². The van der Waals surface area contributed by atoms with Crippen molar-refractivity contribution in [3.8, 4) is 0 Å². The van der Waals surface area contributed by atoms with Crippen molar-refractivity contribution < 1.29 is 0 Å². The molecular formula is C14H15NS. The van der Waals surface area contributed by atoms with E-state index in [9.17, 15) is 0 Å². The number of nitrogens with one attached hydrogen (secondary N) is 1. The molecule has 2 aromatic carbocycles. The van der Waals surface area contributed by atoms with Crippen molar-refractivity contribution in [1.29, 1.82) is 0 Å². The van der Waals surface area contributed by atoms with Crippen LogP contribution in [0.3, 0.4) is 0 Å². The first kappa shape index (κ1) is 10.2. The summed E-state index contributed by atoms with van der Waals surface area (Å²) in [6, 6.07) is 15.4. The van der Waals surface area contributed by atoms with Gasteiger partial charge in [0.2, 0.25) is 0 Å². The summed E-state index contributed by atoms with van der Waals surface area (Å²) in [6.07, 6.45) is 0. The second-order valence-electron chi connectivity index (χ2n) is 4.17. The summed E-state index contributed by atoms with van der Waals surface area (Å²) >= 11 is 2.06. The number of thioether (sulfide) groups is 1. The van der Waals surface area contributed by atoms with Crippen LogP contribution in [0, 0.1) is 0 Å². The standard InChI is InChI=1S/C14H15NS/c1-2-4-12-9-13(6-5-11(12)3-1)14-10-15-7-8-16-14/h1-6,9,14-15H,7-8,10H2. The third-order valence-electron chi connectivity index (χ3n) is 3.07. The highest BCUT2D eigenvalue weighted by Crippen LogP contribution is 2.31. The SMILES string of the molecule is c1ccc2cc(C3CNCCS3)ccc2c1. The maximum Gasteiger partial charge on any atom is 0.0422 e. The Morgan fingerprint density at radius 1 is 1.06 bits per heavy atom. The molecule has 0 bridgehead atoms. The Labute approximate surface area is 100 Å². The van der Waals surface area contributed by atoms with Gasteiger partial charge in [0.05, 0.1) is 0 Å². The normalized spacial score (nSPS) is 21.1. The van der Waals surface area contributed by atoms with Crippen molar-refractivity contribution >= 4 is 22.5 Å². The fraction of sp³-hybridized carbons (Fsp3) is 0.286. The van der Waals surface area contributed by atoms with Gasteiger partial charge in [-0.2, -0.15) is 11.8 Å². The first-order chi connectivity index (χ1) is 7.93. The molecule has 0 amide bonds. The molecule has 1 saturated heterocycles. The van der Waals surface area contributed by atoms with Crippen LogP contribution >= 0.6 is 11.8 Å². The van der Waals surface area contributed by atoms with Gasteiger partial charge in [-0.05, 0) is 22.4 Å². The van der Waals surface area contributed by atoms with Gasteiger partial charge in [0.15, 0.2) is 0 Å². The number of rotatable bonds is 1. The van der Waals surface area contributed by atoms with E-state index in [0.29, 0.717) is 5.25 Å². The molecule has 1 N–H and O–H groups in total. The van der Waals surface area contributed by atoms with E-state index < -0.39 is 0 Å². The predicted molar refractivity (Wildman–Crippen MR) is 72.0 cm³/mol. The molecule has 0 aliphatic carbocycles. The van der Waals surface area contributed by atoms with E-state index >= 15 is 0 Å². The molecule has 2 aromatic rings. The number of hydrogen-bond donors (Lipinski definition) is 1. The molecule has 0 spiro atoms. The minimum absolute atomic E-state index is 0.623. The smallest absolute Gasteiger partial charge is 0.0422 e. The van der Waals surface area contributed by atoms with Gasteiger partial charge in [0.25, 0.3) is 0 Å². The average Bonchev–Trinajstić information content (AvgIpc) is 2.39. The largest absolute Gasteiger partial charge is 0.314 e. The summed E-state index contributed by atoms with van der Waals surface area (Å²) in [4.78, 5) is 0. The van der Waals surface area contributed by atoms with Gasteiger partial charge in [0, 0.05) is 24.1 Å². The fourth-order valence-corrected chi connectivity index (χ4v) is 3.31. The Balaban J connectivity index is 1.97. The Kier molecular flexibility index (Phi) is 2.85.